The molecule has 2 aromatic heterocycles. The molecule has 0 fully saturated rings. The van der Waals surface area contributed by atoms with Gasteiger partial charge in [-0.2, -0.15) is 5.10 Å². The fourth-order valence-electron chi connectivity index (χ4n) is 1.65. The van der Waals surface area contributed by atoms with E-state index in [0.29, 0.717) is 6.54 Å². The predicted molar refractivity (Wildman–Crippen MR) is 64.9 cm³/mol. The summed E-state index contributed by atoms with van der Waals surface area (Å²) < 4.78 is 26.1. The van der Waals surface area contributed by atoms with Gasteiger partial charge in [-0.05, 0) is 13.8 Å². The molecule has 0 aliphatic carbocycles. The molecule has 2 heterocycles. The summed E-state index contributed by atoms with van der Waals surface area (Å²) in [5.74, 6) is 0. The van der Waals surface area contributed by atoms with Crippen molar-refractivity contribution < 1.29 is 8.42 Å². The molecule has 0 atom stereocenters. The van der Waals surface area contributed by atoms with Gasteiger partial charge in [-0.3, -0.25) is 4.68 Å². The summed E-state index contributed by atoms with van der Waals surface area (Å²) >= 11 is 0. The molecule has 0 saturated heterocycles. The Bertz CT molecular complexity index is 656. The quantitative estimate of drug-likeness (QED) is 0.794. The van der Waals surface area contributed by atoms with E-state index in [2.05, 4.69) is 15.4 Å². The van der Waals surface area contributed by atoms with Gasteiger partial charge in [0.1, 0.15) is 4.90 Å². The number of aromatic nitrogens is 5. The molecule has 7 nitrogen and oxygen atoms in total. The zero-order chi connectivity index (χ0) is 13.3. The van der Waals surface area contributed by atoms with E-state index in [1.165, 1.54) is 12.4 Å². The van der Waals surface area contributed by atoms with Crippen molar-refractivity contribution in [2.24, 2.45) is 0 Å². The van der Waals surface area contributed by atoms with E-state index in [-0.39, 0.29) is 4.90 Å². The van der Waals surface area contributed by atoms with Crippen LogP contribution in [0.15, 0.2) is 17.3 Å². The third-order valence-corrected chi connectivity index (χ3v) is 3.75. The van der Waals surface area contributed by atoms with E-state index >= 15 is 0 Å². The fourth-order valence-corrected chi connectivity index (χ4v) is 2.20. The van der Waals surface area contributed by atoms with Crippen LogP contribution in [-0.2, 0) is 22.9 Å². The Balaban J connectivity index is 2.29. The standard InChI is InChI=1S/C10H15N5O2S/c1-4-15-10(8(2)12-13-15)7-14-6-9(5-11-14)18(3,16)17/h5-6H,4,7H2,1-3H3. The molecule has 0 unspecified atom stereocenters. The Morgan fingerprint density at radius 1 is 1.39 bits per heavy atom. The van der Waals surface area contributed by atoms with E-state index in [4.69, 9.17) is 0 Å². The molecule has 0 N–H and O–H groups in total. The van der Waals surface area contributed by atoms with Crippen molar-refractivity contribution in [2.75, 3.05) is 6.26 Å². The van der Waals surface area contributed by atoms with Crippen molar-refractivity contribution in [3.05, 3.63) is 23.8 Å². The summed E-state index contributed by atoms with van der Waals surface area (Å²) in [7, 11) is -3.21. The van der Waals surface area contributed by atoms with E-state index in [1.807, 2.05) is 13.8 Å². The predicted octanol–water partition coefficient (Wildman–Crippen LogP) is 0.255. The van der Waals surface area contributed by atoms with Gasteiger partial charge >= 0.3 is 0 Å². The van der Waals surface area contributed by atoms with Gasteiger partial charge in [0.15, 0.2) is 9.84 Å². The smallest absolute Gasteiger partial charge is 0.178 e. The van der Waals surface area contributed by atoms with Crippen LogP contribution in [0.2, 0.25) is 0 Å². The Kier molecular flexibility index (Phi) is 3.20. The zero-order valence-corrected chi connectivity index (χ0v) is 11.3. The minimum Gasteiger partial charge on any atom is -0.265 e. The molecule has 0 radical (unpaired) electrons. The lowest BCUT2D eigenvalue weighted by molar-refractivity contribution is 0.563. The molecule has 2 rings (SSSR count). The van der Waals surface area contributed by atoms with Gasteiger partial charge in [0.2, 0.25) is 0 Å². The summed E-state index contributed by atoms with van der Waals surface area (Å²) in [6.45, 7) is 5.02. The SMILES string of the molecule is CCn1nnc(C)c1Cn1cc(S(C)(=O)=O)cn1. The Morgan fingerprint density at radius 3 is 2.67 bits per heavy atom. The first kappa shape index (κ1) is 12.7. The van der Waals surface area contributed by atoms with Crippen molar-refractivity contribution >= 4 is 9.84 Å². The maximum absolute atomic E-state index is 11.4. The second-order valence-electron chi connectivity index (χ2n) is 4.08. The van der Waals surface area contributed by atoms with Gasteiger partial charge in [-0.15, -0.1) is 5.10 Å². The highest BCUT2D eigenvalue weighted by atomic mass is 32.2. The molecule has 18 heavy (non-hydrogen) atoms. The average Bonchev–Trinajstić information content (AvgIpc) is 2.87. The molecule has 0 bridgehead atoms. The van der Waals surface area contributed by atoms with Crippen LogP contribution in [0, 0.1) is 6.92 Å². The summed E-state index contributed by atoms with van der Waals surface area (Å²) in [5.41, 5.74) is 1.76. The number of nitrogens with zero attached hydrogens (tertiary/aromatic N) is 5. The first-order chi connectivity index (χ1) is 8.41. The van der Waals surface area contributed by atoms with E-state index < -0.39 is 9.84 Å². The highest BCUT2D eigenvalue weighted by molar-refractivity contribution is 7.90. The number of hydrogen-bond acceptors (Lipinski definition) is 5. The van der Waals surface area contributed by atoms with Crippen LogP contribution in [0.3, 0.4) is 0 Å². The highest BCUT2D eigenvalue weighted by Gasteiger charge is 2.13. The number of rotatable bonds is 4. The van der Waals surface area contributed by atoms with Gasteiger partial charge in [-0.25, -0.2) is 13.1 Å². The van der Waals surface area contributed by atoms with Crippen molar-refractivity contribution in [3.63, 3.8) is 0 Å². The third kappa shape index (κ3) is 2.42. The molecule has 0 saturated carbocycles. The maximum atomic E-state index is 11.4. The van der Waals surface area contributed by atoms with Gasteiger partial charge in [0.25, 0.3) is 0 Å². The third-order valence-electron chi connectivity index (χ3n) is 2.68. The molecule has 0 spiro atoms. The van der Waals surface area contributed by atoms with Crippen LogP contribution in [-0.4, -0.2) is 39.4 Å². The van der Waals surface area contributed by atoms with Crippen molar-refractivity contribution in [1.82, 2.24) is 24.8 Å². The van der Waals surface area contributed by atoms with Crippen molar-refractivity contribution in [1.29, 1.82) is 0 Å². The van der Waals surface area contributed by atoms with Gasteiger partial charge in [0, 0.05) is 19.0 Å². The van der Waals surface area contributed by atoms with Gasteiger partial charge < -0.3 is 0 Å². The second-order valence-corrected chi connectivity index (χ2v) is 6.10. The van der Waals surface area contributed by atoms with Crippen LogP contribution in [0.4, 0.5) is 0 Å². The molecule has 98 valence electrons. The van der Waals surface area contributed by atoms with Crippen molar-refractivity contribution in [3.8, 4) is 0 Å². The first-order valence-corrected chi connectivity index (χ1v) is 7.42. The minimum atomic E-state index is -3.21. The summed E-state index contributed by atoms with van der Waals surface area (Å²) in [6.07, 6.45) is 4.03. The van der Waals surface area contributed by atoms with Crippen LogP contribution < -0.4 is 0 Å². The van der Waals surface area contributed by atoms with Crippen LogP contribution in [0.1, 0.15) is 18.3 Å². The molecule has 0 amide bonds. The normalized spacial score (nSPS) is 11.9. The molecule has 8 heteroatoms. The monoisotopic (exact) mass is 269 g/mol. The molecule has 0 aliphatic rings. The minimum absolute atomic E-state index is 0.218. The topological polar surface area (TPSA) is 82.7 Å². The molecule has 2 aromatic rings. The summed E-state index contributed by atoms with van der Waals surface area (Å²) in [5, 5.41) is 12.0. The molecular formula is C10H15N5O2S. The maximum Gasteiger partial charge on any atom is 0.178 e. The number of hydrogen-bond donors (Lipinski definition) is 0. The fraction of sp³-hybridized carbons (Fsp3) is 0.500. The van der Waals surface area contributed by atoms with Gasteiger partial charge in [0.05, 0.1) is 24.1 Å². The van der Waals surface area contributed by atoms with Crippen LogP contribution in [0.5, 0.6) is 0 Å². The van der Waals surface area contributed by atoms with Crippen molar-refractivity contribution in [2.45, 2.75) is 31.8 Å². The Labute approximate surface area is 105 Å². The lowest BCUT2D eigenvalue weighted by Gasteiger charge is -2.04. The summed E-state index contributed by atoms with van der Waals surface area (Å²) in [4.78, 5) is 0.218. The van der Waals surface area contributed by atoms with E-state index in [0.717, 1.165) is 24.2 Å². The molecular weight excluding hydrogens is 254 g/mol. The number of aryl methyl sites for hydroxylation is 2. The molecule has 0 aromatic carbocycles. The lowest BCUT2D eigenvalue weighted by Crippen LogP contribution is -2.09. The largest absolute Gasteiger partial charge is 0.265 e. The Morgan fingerprint density at radius 2 is 2.11 bits per heavy atom. The lowest BCUT2D eigenvalue weighted by atomic mass is 10.3. The van der Waals surface area contributed by atoms with Gasteiger partial charge in [-0.1, -0.05) is 5.21 Å². The zero-order valence-electron chi connectivity index (χ0n) is 10.5. The second kappa shape index (κ2) is 4.52. The molecule has 0 aliphatic heterocycles. The average molecular weight is 269 g/mol. The first-order valence-electron chi connectivity index (χ1n) is 5.53. The van der Waals surface area contributed by atoms with Crippen LogP contribution >= 0.6 is 0 Å². The number of sulfone groups is 1. The highest BCUT2D eigenvalue weighted by Crippen LogP contribution is 2.10. The van der Waals surface area contributed by atoms with Crippen LogP contribution in [0.25, 0.3) is 0 Å². The Hall–Kier alpha value is -1.70. The van der Waals surface area contributed by atoms with E-state index in [1.54, 1.807) is 9.36 Å². The van der Waals surface area contributed by atoms with E-state index in [9.17, 15) is 8.42 Å². The summed E-state index contributed by atoms with van der Waals surface area (Å²) in [6, 6.07) is 0.